The standard InChI is InChI=1S/C19H11F2N3OS/c20-13-4-1-5-14(21)17(13)23-19-24-18(25)16(26-19)10-11-6-7-15-12(9-11)3-2-8-22-15/h1-10H,(H,23,24,25)/b16-10-. The Morgan fingerprint density at radius 3 is 2.69 bits per heavy atom. The minimum Gasteiger partial charge on any atom is -0.300 e. The van der Waals surface area contributed by atoms with Crippen molar-refractivity contribution in [3.63, 3.8) is 0 Å². The molecule has 1 aliphatic rings. The van der Waals surface area contributed by atoms with E-state index in [9.17, 15) is 13.6 Å². The lowest BCUT2D eigenvalue weighted by Gasteiger charge is -2.00. The van der Waals surface area contributed by atoms with Crippen LogP contribution in [-0.2, 0) is 4.79 Å². The molecule has 1 saturated heterocycles. The number of carbonyl (C=O) groups excluding carboxylic acids is 1. The molecular formula is C19H11F2N3OS. The Hall–Kier alpha value is -3.06. The minimum absolute atomic E-state index is 0.132. The van der Waals surface area contributed by atoms with Crippen molar-refractivity contribution >= 4 is 45.5 Å². The third-order valence-corrected chi connectivity index (χ3v) is 4.64. The van der Waals surface area contributed by atoms with E-state index in [4.69, 9.17) is 0 Å². The fourth-order valence-corrected chi connectivity index (χ4v) is 3.34. The molecule has 0 radical (unpaired) electrons. The van der Waals surface area contributed by atoms with Gasteiger partial charge in [-0.2, -0.15) is 0 Å². The summed E-state index contributed by atoms with van der Waals surface area (Å²) in [5.74, 6) is -1.93. The molecule has 3 aromatic rings. The summed E-state index contributed by atoms with van der Waals surface area (Å²) in [6, 6.07) is 12.9. The molecular weight excluding hydrogens is 356 g/mol. The molecule has 1 aromatic heterocycles. The molecule has 1 fully saturated rings. The number of pyridine rings is 1. The van der Waals surface area contributed by atoms with Gasteiger partial charge in [-0.05, 0) is 53.7 Å². The first kappa shape index (κ1) is 16.4. The second-order valence-corrected chi connectivity index (χ2v) is 6.54. The average molecular weight is 367 g/mol. The van der Waals surface area contributed by atoms with Gasteiger partial charge in [-0.3, -0.25) is 9.78 Å². The number of benzene rings is 2. The molecule has 4 nitrogen and oxygen atoms in total. The second kappa shape index (κ2) is 6.68. The Bertz CT molecular complexity index is 1070. The van der Waals surface area contributed by atoms with Crippen LogP contribution in [0.25, 0.3) is 17.0 Å². The highest BCUT2D eigenvalue weighted by Gasteiger charge is 2.24. The van der Waals surface area contributed by atoms with Gasteiger partial charge in [0.1, 0.15) is 5.69 Å². The van der Waals surface area contributed by atoms with Crippen LogP contribution < -0.4 is 5.32 Å². The van der Waals surface area contributed by atoms with Crippen molar-refractivity contribution in [3.05, 3.63) is 76.8 Å². The van der Waals surface area contributed by atoms with Crippen LogP contribution in [0.4, 0.5) is 14.5 Å². The van der Waals surface area contributed by atoms with E-state index < -0.39 is 17.3 Å². The van der Waals surface area contributed by atoms with E-state index in [-0.39, 0.29) is 11.1 Å². The number of amides is 1. The Morgan fingerprint density at radius 1 is 1.08 bits per heavy atom. The number of rotatable bonds is 2. The number of halogens is 2. The van der Waals surface area contributed by atoms with Gasteiger partial charge in [-0.15, -0.1) is 0 Å². The predicted octanol–water partition coefficient (Wildman–Crippen LogP) is 4.40. The lowest BCUT2D eigenvalue weighted by Crippen LogP contribution is -2.19. The van der Waals surface area contributed by atoms with Crippen molar-refractivity contribution in [2.24, 2.45) is 4.99 Å². The topological polar surface area (TPSA) is 54.4 Å². The highest BCUT2D eigenvalue weighted by Crippen LogP contribution is 2.30. The SMILES string of the molecule is O=C1N/C(=N/c2c(F)cccc2F)S/C1=C\c1ccc2ncccc2c1. The maximum Gasteiger partial charge on any atom is 0.264 e. The number of nitrogens with zero attached hydrogens (tertiary/aromatic N) is 2. The molecule has 0 saturated carbocycles. The number of aromatic nitrogens is 1. The van der Waals surface area contributed by atoms with Crippen LogP contribution in [0.3, 0.4) is 0 Å². The van der Waals surface area contributed by atoms with Gasteiger partial charge in [0.2, 0.25) is 0 Å². The number of amidine groups is 1. The van der Waals surface area contributed by atoms with Crippen molar-refractivity contribution < 1.29 is 13.6 Å². The van der Waals surface area contributed by atoms with E-state index in [0.717, 1.165) is 40.4 Å². The zero-order chi connectivity index (χ0) is 18.1. The van der Waals surface area contributed by atoms with Gasteiger partial charge in [0.25, 0.3) is 5.91 Å². The summed E-state index contributed by atoms with van der Waals surface area (Å²) in [5, 5.41) is 3.61. The summed E-state index contributed by atoms with van der Waals surface area (Å²) in [6.45, 7) is 0. The molecule has 2 aromatic carbocycles. The van der Waals surface area contributed by atoms with Crippen LogP contribution in [0, 0.1) is 11.6 Å². The van der Waals surface area contributed by atoms with Gasteiger partial charge in [-0.1, -0.05) is 18.2 Å². The monoisotopic (exact) mass is 367 g/mol. The zero-order valence-electron chi connectivity index (χ0n) is 13.2. The van der Waals surface area contributed by atoms with Gasteiger partial charge < -0.3 is 5.32 Å². The molecule has 0 spiro atoms. The largest absolute Gasteiger partial charge is 0.300 e. The van der Waals surface area contributed by atoms with Crippen molar-refractivity contribution in [2.45, 2.75) is 0 Å². The van der Waals surface area contributed by atoms with Gasteiger partial charge in [0, 0.05) is 11.6 Å². The van der Waals surface area contributed by atoms with Gasteiger partial charge in [0.15, 0.2) is 16.8 Å². The Labute approximate surface area is 151 Å². The molecule has 0 bridgehead atoms. The highest BCUT2D eigenvalue weighted by molar-refractivity contribution is 8.18. The quantitative estimate of drug-likeness (QED) is 0.683. The summed E-state index contributed by atoms with van der Waals surface area (Å²) in [4.78, 5) is 20.7. The van der Waals surface area contributed by atoms with Crippen LogP contribution in [0.15, 0.2) is 64.6 Å². The third kappa shape index (κ3) is 3.21. The maximum atomic E-state index is 13.7. The third-order valence-electron chi connectivity index (χ3n) is 3.73. The Morgan fingerprint density at radius 2 is 1.88 bits per heavy atom. The number of nitrogens with one attached hydrogen (secondary N) is 1. The van der Waals surface area contributed by atoms with E-state index >= 15 is 0 Å². The molecule has 0 aliphatic carbocycles. The Kier molecular flexibility index (Phi) is 4.22. The summed E-state index contributed by atoms with van der Waals surface area (Å²) in [5.41, 5.74) is 1.25. The molecule has 1 N–H and O–H groups in total. The van der Waals surface area contributed by atoms with E-state index in [2.05, 4.69) is 15.3 Å². The van der Waals surface area contributed by atoms with Crippen LogP contribution in [0.2, 0.25) is 0 Å². The maximum absolute atomic E-state index is 13.7. The molecule has 2 heterocycles. The van der Waals surface area contributed by atoms with E-state index in [1.165, 1.54) is 6.07 Å². The molecule has 0 atom stereocenters. The van der Waals surface area contributed by atoms with Crippen molar-refractivity contribution in [3.8, 4) is 0 Å². The van der Waals surface area contributed by atoms with Crippen LogP contribution in [-0.4, -0.2) is 16.1 Å². The normalized spacial score (nSPS) is 17.2. The molecule has 4 rings (SSSR count). The van der Waals surface area contributed by atoms with Gasteiger partial charge >= 0.3 is 0 Å². The predicted molar refractivity (Wildman–Crippen MR) is 98.9 cm³/mol. The molecule has 1 aliphatic heterocycles. The number of carbonyl (C=O) groups is 1. The first-order chi connectivity index (χ1) is 12.6. The summed E-state index contributed by atoms with van der Waals surface area (Å²) in [6.07, 6.45) is 3.41. The smallest absolute Gasteiger partial charge is 0.264 e. The van der Waals surface area contributed by atoms with E-state index in [1.54, 1.807) is 12.3 Å². The number of thioether (sulfide) groups is 1. The highest BCUT2D eigenvalue weighted by atomic mass is 32.2. The van der Waals surface area contributed by atoms with E-state index in [0.29, 0.717) is 4.91 Å². The van der Waals surface area contributed by atoms with Crippen LogP contribution in [0.1, 0.15) is 5.56 Å². The van der Waals surface area contributed by atoms with Crippen LogP contribution >= 0.6 is 11.8 Å². The van der Waals surface area contributed by atoms with E-state index in [1.807, 2.05) is 30.3 Å². The van der Waals surface area contributed by atoms with Crippen LogP contribution in [0.5, 0.6) is 0 Å². The van der Waals surface area contributed by atoms with Gasteiger partial charge in [-0.25, -0.2) is 13.8 Å². The zero-order valence-corrected chi connectivity index (χ0v) is 14.1. The second-order valence-electron chi connectivity index (χ2n) is 5.51. The average Bonchev–Trinajstić information content (AvgIpc) is 2.97. The number of aliphatic imine (C=N–C) groups is 1. The Balaban J connectivity index is 1.65. The van der Waals surface area contributed by atoms with Crippen molar-refractivity contribution in [2.75, 3.05) is 0 Å². The molecule has 7 heteroatoms. The van der Waals surface area contributed by atoms with Crippen molar-refractivity contribution in [1.29, 1.82) is 0 Å². The summed E-state index contributed by atoms with van der Waals surface area (Å²) >= 11 is 1.03. The molecule has 128 valence electrons. The van der Waals surface area contributed by atoms with Gasteiger partial charge in [0.05, 0.1) is 10.4 Å². The molecule has 26 heavy (non-hydrogen) atoms. The minimum atomic E-state index is -0.785. The number of para-hydroxylation sites is 1. The first-order valence-electron chi connectivity index (χ1n) is 7.68. The molecule has 1 amide bonds. The molecule has 0 unspecified atom stereocenters. The summed E-state index contributed by atoms with van der Waals surface area (Å²) < 4.78 is 27.4. The number of fused-ring (bicyclic) bond motifs is 1. The van der Waals surface area contributed by atoms with Crippen molar-refractivity contribution in [1.82, 2.24) is 10.3 Å². The fraction of sp³-hybridized carbons (Fsp3) is 0. The number of hydrogen-bond donors (Lipinski definition) is 1. The number of hydrogen-bond acceptors (Lipinski definition) is 4. The fourth-order valence-electron chi connectivity index (χ4n) is 2.51. The lowest BCUT2D eigenvalue weighted by atomic mass is 10.1. The first-order valence-corrected chi connectivity index (χ1v) is 8.50. The summed E-state index contributed by atoms with van der Waals surface area (Å²) in [7, 11) is 0. The lowest BCUT2D eigenvalue weighted by molar-refractivity contribution is -0.115.